The zero-order chi connectivity index (χ0) is 20.8. The lowest BCUT2D eigenvalue weighted by Gasteiger charge is -2.13. The van der Waals surface area contributed by atoms with Gasteiger partial charge in [0.2, 0.25) is 11.1 Å². The van der Waals surface area contributed by atoms with Gasteiger partial charge in [0, 0.05) is 5.56 Å². The summed E-state index contributed by atoms with van der Waals surface area (Å²) in [5.41, 5.74) is 1.59. The number of carbonyl (C=O) groups is 1. The standard InChI is InChI=1S/C19H19F2N5O2S/c1-12(13-5-3-2-4-6-13)23-16(27)11-29-19-25-24-17(26(19)22)14-7-9-15(10-8-14)28-18(20)21/h2-10,12,18H,11,22H2,1H3,(H,23,27). The molecule has 1 aromatic heterocycles. The normalized spacial score (nSPS) is 12.0. The minimum Gasteiger partial charge on any atom is -0.435 e. The van der Waals surface area contributed by atoms with Gasteiger partial charge in [-0.25, -0.2) is 4.68 Å². The Hall–Kier alpha value is -3.14. The number of nitrogens with zero attached hydrogens (tertiary/aromatic N) is 3. The number of hydrogen-bond acceptors (Lipinski definition) is 6. The molecule has 0 fully saturated rings. The lowest BCUT2D eigenvalue weighted by molar-refractivity contribution is -0.119. The summed E-state index contributed by atoms with van der Waals surface area (Å²) in [4.78, 5) is 12.2. The Bertz CT molecular complexity index is 951. The van der Waals surface area contributed by atoms with Crippen molar-refractivity contribution in [2.24, 2.45) is 0 Å². The van der Waals surface area contributed by atoms with Gasteiger partial charge in [0.25, 0.3) is 0 Å². The van der Waals surface area contributed by atoms with Crippen LogP contribution in [0.15, 0.2) is 59.8 Å². The molecule has 0 spiro atoms. The maximum Gasteiger partial charge on any atom is 0.387 e. The molecule has 0 aliphatic carbocycles. The largest absolute Gasteiger partial charge is 0.435 e. The van der Waals surface area contributed by atoms with E-state index in [1.54, 1.807) is 12.1 Å². The third-order valence-electron chi connectivity index (χ3n) is 4.01. The molecule has 0 saturated carbocycles. The molecule has 3 rings (SSSR count). The van der Waals surface area contributed by atoms with Gasteiger partial charge in [-0.05, 0) is 36.8 Å². The molecule has 152 valence electrons. The Morgan fingerprint density at radius 3 is 2.52 bits per heavy atom. The number of amides is 1. The first-order valence-electron chi connectivity index (χ1n) is 8.67. The summed E-state index contributed by atoms with van der Waals surface area (Å²) < 4.78 is 30.0. The highest BCUT2D eigenvalue weighted by Crippen LogP contribution is 2.24. The van der Waals surface area contributed by atoms with E-state index in [9.17, 15) is 13.6 Å². The zero-order valence-electron chi connectivity index (χ0n) is 15.5. The number of hydrogen-bond donors (Lipinski definition) is 2. The number of nitrogens with one attached hydrogen (secondary N) is 1. The molecule has 3 N–H and O–H groups in total. The highest BCUT2D eigenvalue weighted by atomic mass is 32.2. The van der Waals surface area contributed by atoms with Crippen LogP contribution in [0.5, 0.6) is 5.75 Å². The molecule has 0 aliphatic rings. The predicted molar refractivity (Wildman–Crippen MR) is 106 cm³/mol. The van der Waals surface area contributed by atoms with E-state index in [4.69, 9.17) is 5.84 Å². The first-order chi connectivity index (χ1) is 13.9. The number of ether oxygens (including phenoxy) is 1. The lowest BCUT2D eigenvalue weighted by Crippen LogP contribution is -2.28. The van der Waals surface area contributed by atoms with Gasteiger partial charge < -0.3 is 15.9 Å². The average molecular weight is 419 g/mol. The van der Waals surface area contributed by atoms with Gasteiger partial charge >= 0.3 is 6.61 Å². The second kappa shape index (κ2) is 9.37. The number of nitrogen functional groups attached to an aromatic ring is 1. The van der Waals surface area contributed by atoms with Crippen molar-refractivity contribution >= 4 is 17.7 Å². The molecule has 1 amide bonds. The van der Waals surface area contributed by atoms with E-state index in [1.807, 2.05) is 37.3 Å². The van der Waals surface area contributed by atoms with Gasteiger partial charge in [0.05, 0.1) is 11.8 Å². The van der Waals surface area contributed by atoms with Crippen LogP contribution in [0.3, 0.4) is 0 Å². The number of nitrogens with two attached hydrogens (primary N) is 1. The molecule has 29 heavy (non-hydrogen) atoms. The Labute approximate surface area is 170 Å². The monoisotopic (exact) mass is 419 g/mol. The Morgan fingerprint density at radius 2 is 1.86 bits per heavy atom. The van der Waals surface area contributed by atoms with Gasteiger partial charge in [-0.3, -0.25) is 4.79 Å². The SMILES string of the molecule is CC(NC(=O)CSc1nnc(-c2ccc(OC(F)F)cc2)n1N)c1ccccc1. The zero-order valence-corrected chi connectivity index (χ0v) is 16.3. The first-order valence-corrected chi connectivity index (χ1v) is 9.65. The number of alkyl halides is 2. The van der Waals surface area contributed by atoms with Crippen molar-refractivity contribution in [1.82, 2.24) is 20.2 Å². The van der Waals surface area contributed by atoms with Gasteiger partial charge in [-0.1, -0.05) is 42.1 Å². The van der Waals surface area contributed by atoms with Crippen molar-refractivity contribution in [1.29, 1.82) is 0 Å². The van der Waals surface area contributed by atoms with Crippen molar-refractivity contribution in [3.05, 3.63) is 60.2 Å². The molecule has 0 bridgehead atoms. The van der Waals surface area contributed by atoms with Crippen molar-refractivity contribution in [2.45, 2.75) is 24.7 Å². The Balaban J connectivity index is 1.59. The van der Waals surface area contributed by atoms with Gasteiger partial charge in [-0.15, -0.1) is 10.2 Å². The number of aromatic nitrogens is 3. The minimum atomic E-state index is -2.89. The molecule has 1 unspecified atom stereocenters. The summed E-state index contributed by atoms with van der Waals surface area (Å²) in [5, 5.41) is 11.3. The van der Waals surface area contributed by atoms with Crippen molar-refractivity contribution in [3.63, 3.8) is 0 Å². The number of rotatable bonds is 8. The molecular weight excluding hydrogens is 400 g/mol. The molecule has 0 radical (unpaired) electrons. The van der Waals surface area contributed by atoms with E-state index >= 15 is 0 Å². The van der Waals surface area contributed by atoms with Gasteiger partial charge in [0.1, 0.15) is 5.75 Å². The molecule has 1 heterocycles. The van der Waals surface area contributed by atoms with Crippen LogP contribution in [0, 0.1) is 0 Å². The number of carbonyl (C=O) groups excluding carboxylic acids is 1. The molecule has 0 saturated heterocycles. The number of benzene rings is 2. The van der Waals surface area contributed by atoms with Crippen molar-refractivity contribution in [3.8, 4) is 17.1 Å². The van der Waals surface area contributed by atoms with E-state index < -0.39 is 6.61 Å². The minimum absolute atomic E-state index is 0.0330. The average Bonchev–Trinajstić information content (AvgIpc) is 3.07. The quantitative estimate of drug-likeness (QED) is 0.430. The second-order valence-corrected chi connectivity index (χ2v) is 7.01. The fourth-order valence-electron chi connectivity index (χ4n) is 2.60. The van der Waals surface area contributed by atoms with Crippen LogP contribution in [0.2, 0.25) is 0 Å². The summed E-state index contributed by atoms with van der Waals surface area (Å²) in [6.07, 6.45) is 0. The molecule has 2 aromatic carbocycles. The van der Waals surface area contributed by atoms with Crippen LogP contribution in [0.25, 0.3) is 11.4 Å². The maximum atomic E-state index is 12.2. The summed E-state index contributed by atoms with van der Waals surface area (Å²) >= 11 is 1.15. The van der Waals surface area contributed by atoms with E-state index in [1.165, 1.54) is 16.8 Å². The first kappa shape index (κ1) is 20.6. The Kier molecular flexibility index (Phi) is 6.65. The summed E-state index contributed by atoms with van der Waals surface area (Å²) in [5.74, 6) is 6.35. The van der Waals surface area contributed by atoms with E-state index in [-0.39, 0.29) is 23.5 Å². The van der Waals surface area contributed by atoms with Crippen LogP contribution < -0.4 is 15.9 Å². The second-order valence-electron chi connectivity index (χ2n) is 6.07. The molecule has 10 heteroatoms. The summed E-state index contributed by atoms with van der Waals surface area (Å²) in [6.45, 7) is -0.985. The third kappa shape index (κ3) is 5.44. The van der Waals surface area contributed by atoms with Gasteiger partial charge in [0.15, 0.2) is 5.82 Å². The number of halogens is 2. The molecule has 1 atom stereocenters. The molecule has 3 aromatic rings. The van der Waals surface area contributed by atoms with E-state index in [0.29, 0.717) is 16.5 Å². The van der Waals surface area contributed by atoms with Crippen molar-refractivity contribution in [2.75, 3.05) is 11.6 Å². The molecular formula is C19H19F2N5O2S. The van der Waals surface area contributed by atoms with Crippen LogP contribution >= 0.6 is 11.8 Å². The predicted octanol–water partition coefficient (Wildman–Crippen LogP) is 3.23. The Morgan fingerprint density at radius 1 is 1.17 bits per heavy atom. The summed E-state index contributed by atoms with van der Waals surface area (Å²) in [7, 11) is 0. The molecule has 7 nitrogen and oxygen atoms in total. The topological polar surface area (TPSA) is 95.1 Å². The van der Waals surface area contributed by atoms with E-state index in [2.05, 4.69) is 20.3 Å². The summed E-state index contributed by atoms with van der Waals surface area (Å²) in [6, 6.07) is 15.4. The smallest absolute Gasteiger partial charge is 0.387 e. The van der Waals surface area contributed by atoms with Crippen LogP contribution in [0.1, 0.15) is 18.5 Å². The fraction of sp³-hybridized carbons (Fsp3) is 0.211. The third-order valence-corrected chi connectivity index (χ3v) is 4.95. The number of thioether (sulfide) groups is 1. The van der Waals surface area contributed by atoms with Crippen LogP contribution in [-0.4, -0.2) is 33.1 Å². The van der Waals surface area contributed by atoms with Gasteiger partial charge in [-0.2, -0.15) is 8.78 Å². The molecule has 0 aliphatic heterocycles. The van der Waals surface area contributed by atoms with E-state index in [0.717, 1.165) is 17.3 Å². The fourth-order valence-corrected chi connectivity index (χ4v) is 3.26. The van der Waals surface area contributed by atoms with Crippen molar-refractivity contribution < 1.29 is 18.3 Å². The van der Waals surface area contributed by atoms with Crippen LogP contribution in [-0.2, 0) is 4.79 Å². The highest BCUT2D eigenvalue weighted by molar-refractivity contribution is 7.99. The maximum absolute atomic E-state index is 12.2. The highest BCUT2D eigenvalue weighted by Gasteiger charge is 2.15. The van der Waals surface area contributed by atoms with Crippen LogP contribution in [0.4, 0.5) is 8.78 Å². The lowest BCUT2D eigenvalue weighted by atomic mass is 10.1.